The van der Waals surface area contributed by atoms with Crippen molar-refractivity contribution in [2.75, 3.05) is 16.7 Å². The van der Waals surface area contributed by atoms with Gasteiger partial charge in [0.2, 0.25) is 5.91 Å². The number of carbonyl (C=O) groups excluding carboxylic acids is 1. The summed E-state index contributed by atoms with van der Waals surface area (Å²) in [5, 5.41) is 13.6. The van der Waals surface area contributed by atoms with Gasteiger partial charge >= 0.3 is 0 Å². The average Bonchev–Trinajstić information content (AvgIpc) is 2.78. The van der Waals surface area contributed by atoms with E-state index in [2.05, 4.69) is 5.32 Å². The minimum atomic E-state index is -3.83. The monoisotopic (exact) mass is 437 g/mol. The van der Waals surface area contributed by atoms with Crippen LogP contribution in [0.25, 0.3) is 6.08 Å². The number of hydrogen-bond donors (Lipinski definition) is 1. The largest absolute Gasteiger partial charge is 0.322 e. The van der Waals surface area contributed by atoms with Crippen molar-refractivity contribution in [3.63, 3.8) is 0 Å². The zero-order valence-electron chi connectivity index (χ0n) is 16.5. The number of nitro benzene ring substituents is 1. The second-order valence-corrected chi connectivity index (χ2v) is 8.44. The maximum Gasteiger partial charge on any atom is 0.276 e. The van der Waals surface area contributed by atoms with E-state index in [1.165, 1.54) is 49.5 Å². The zero-order chi connectivity index (χ0) is 22.4. The van der Waals surface area contributed by atoms with Gasteiger partial charge in [-0.15, -0.1) is 0 Å². The highest BCUT2D eigenvalue weighted by atomic mass is 32.2. The lowest BCUT2D eigenvalue weighted by atomic mass is 10.1. The van der Waals surface area contributed by atoms with Gasteiger partial charge in [0.25, 0.3) is 15.7 Å². The van der Waals surface area contributed by atoms with Crippen LogP contribution in [0.2, 0.25) is 0 Å². The minimum Gasteiger partial charge on any atom is -0.322 e. The van der Waals surface area contributed by atoms with Crippen molar-refractivity contribution in [2.24, 2.45) is 0 Å². The lowest BCUT2D eigenvalue weighted by Crippen LogP contribution is -2.26. The summed E-state index contributed by atoms with van der Waals surface area (Å²) in [6, 6.07) is 20.5. The third kappa shape index (κ3) is 5.14. The Balaban J connectivity index is 1.78. The molecule has 3 rings (SSSR count). The molecule has 0 aliphatic rings. The van der Waals surface area contributed by atoms with Crippen LogP contribution in [0.1, 0.15) is 5.56 Å². The normalized spacial score (nSPS) is 11.3. The van der Waals surface area contributed by atoms with Crippen LogP contribution >= 0.6 is 0 Å². The van der Waals surface area contributed by atoms with E-state index >= 15 is 0 Å². The average molecular weight is 437 g/mol. The van der Waals surface area contributed by atoms with E-state index in [0.717, 1.165) is 10.4 Å². The molecule has 0 unspecified atom stereocenters. The Labute approximate surface area is 179 Å². The molecule has 3 aromatic carbocycles. The Kier molecular flexibility index (Phi) is 6.46. The highest BCUT2D eigenvalue weighted by Crippen LogP contribution is 2.24. The number of rotatable bonds is 7. The fraction of sp³-hybridized carbons (Fsp3) is 0.0455. The molecule has 0 bridgehead atoms. The first-order chi connectivity index (χ1) is 14.8. The molecular weight excluding hydrogens is 418 g/mol. The Morgan fingerprint density at radius 3 is 2.39 bits per heavy atom. The number of hydrogen-bond acceptors (Lipinski definition) is 5. The number of anilines is 2. The number of nitro groups is 1. The lowest BCUT2D eigenvalue weighted by Gasteiger charge is -2.19. The van der Waals surface area contributed by atoms with E-state index in [1.54, 1.807) is 42.5 Å². The summed E-state index contributed by atoms with van der Waals surface area (Å²) in [4.78, 5) is 22.8. The Hall–Kier alpha value is -3.98. The summed E-state index contributed by atoms with van der Waals surface area (Å²) in [5.41, 5.74) is 0.941. The zero-order valence-corrected chi connectivity index (χ0v) is 17.3. The first kappa shape index (κ1) is 21.7. The number of benzene rings is 3. The van der Waals surface area contributed by atoms with Gasteiger partial charge in [0, 0.05) is 24.9 Å². The van der Waals surface area contributed by atoms with Crippen molar-refractivity contribution in [1.29, 1.82) is 0 Å². The molecule has 0 spiro atoms. The van der Waals surface area contributed by atoms with E-state index in [-0.39, 0.29) is 21.8 Å². The van der Waals surface area contributed by atoms with Crippen LogP contribution in [0.5, 0.6) is 0 Å². The quantitative estimate of drug-likeness (QED) is 0.340. The lowest BCUT2D eigenvalue weighted by molar-refractivity contribution is -0.385. The first-order valence-electron chi connectivity index (χ1n) is 9.15. The van der Waals surface area contributed by atoms with Crippen molar-refractivity contribution in [3.05, 3.63) is 101 Å². The van der Waals surface area contributed by atoms with E-state index in [4.69, 9.17) is 0 Å². The van der Waals surface area contributed by atoms with E-state index in [0.29, 0.717) is 5.69 Å². The molecule has 31 heavy (non-hydrogen) atoms. The van der Waals surface area contributed by atoms with Gasteiger partial charge in [0.15, 0.2) is 0 Å². The number of para-hydroxylation sites is 2. The van der Waals surface area contributed by atoms with Gasteiger partial charge < -0.3 is 5.32 Å². The number of nitrogens with one attached hydrogen (secondary N) is 1. The highest BCUT2D eigenvalue weighted by Gasteiger charge is 2.21. The van der Waals surface area contributed by atoms with Crippen LogP contribution < -0.4 is 9.62 Å². The summed E-state index contributed by atoms with van der Waals surface area (Å²) in [6.07, 6.45) is 2.48. The molecule has 1 N–H and O–H groups in total. The molecule has 0 radical (unpaired) electrons. The van der Waals surface area contributed by atoms with Crippen LogP contribution in [-0.4, -0.2) is 26.3 Å². The van der Waals surface area contributed by atoms with Gasteiger partial charge in [-0.1, -0.05) is 36.4 Å². The standard InChI is InChI=1S/C22H19N3O5S/c1-24(19-10-3-2-4-11-19)31(29,30)20-12-7-9-18(16-20)23-22(26)15-14-17-8-5-6-13-21(17)25(27)28/h2-16H,1H3,(H,23,26)/b15-14+. The first-order valence-corrected chi connectivity index (χ1v) is 10.6. The second kappa shape index (κ2) is 9.23. The Morgan fingerprint density at radius 2 is 1.68 bits per heavy atom. The maximum absolute atomic E-state index is 12.9. The van der Waals surface area contributed by atoms with Crippen LogP contribution in [0.15, 0.2) is 89.8 Å². The van der Waals surface area contributed by atoms with Crippen LogP contribution in [0, 0.1) is 10.1 Å². The molecular formula is C22H19N3O5S. The predicted octanol–water partition coefficient (Wildman–Crippen LogP) is 4.07. The number of carbonyl (C=O) groups is 1. The summed E-state index contributed by atoms with van der Waals surface area (Å²) in [5.74, 6) is -0.552. The number of nitrogens with zero attached hydrogens (tertiary/aromatic N) is 2. The molecule has 3 aromatic rings. The molecule has 9 heteroatoms. The molecule has 8 nitrogen and oxygen atoms in total. The van der Waals surface area contributed by atoms with E-state index in [1.807, 2.05) is 0 Å². The fourth-order valence-corrected chi connectivity index (χ4v) is 4.06. The third-order valence-electron chi connectivity index (χ3n) is 4.43. The van der Waals surface area contributed by atoms with Crippen molar-refractivity contribution in [2.45, 2.75) is 4.90 Å². The number of sulfonamides is 1. The minimum absolute atomic E-state index is 0.0133. The molecule has 0 heterocycles. The van der Waals surface area contributed by atoms with Crippen molar-refractivity contribution < 1.29 is 18.1 Å². The summed E-state index contributed by atoms with van der Waals surface area (Å²) < 4.78 is 27.0. The van der Waals surface area contributed by atoms with E-state index < -0.39 is 20.9 Å². The fourth-order valence-electron chi connectivity index (χ4n) is 2.81. The topological polar surface area (TPSA) is 110 Å². The molecule has 1 amide bonds. The van der Waals surface area contributed by atoms with Crippen LogP contribution in [0.4, 0.5) is 17.1 Å². The molecule has 158 valence electrons. The molecule has 0 aromatic heterocycles. The van der Waals surface area contributed by atoms with Gasteiger partial charge in [0.05, 0.1) is 21.1 Å². The van der Waals surface area contributed by atoms with Crippen molar-refractivity contribution in [1.82, 2.24) is 0 Å². The molecule has 0 fully saturated rings. The molecule has 0 aliphatic carbocycles. The molecule has 0 saturated carbocycles. The smallest absolute Gasteiger partial charge is 0.276 e. The third-order valence-corrected chi connectivity index (χ3v) is 6.21. The highest BCUT2D eigenvalue weighted by molar-refractivity contribution is 7.92. The molecule has 0 aliphatic heterocycles. The summed E-state index contributed by atoms with van der Waals surface area (Å²) in [6.45, 7) is 0. The van der Waals surface area contributed by atoms with Crippen molar-refractivity contribution >= 4 is 39.1 Å². The summed E-state index contributed by atoms with van der Waals surface area (Å²) in [7, 11) is -2.38. The predicted molar refractivity (Wildman–Crippen MR) is 119 cm³/mol. The molecule has 0 atom stereocenters. The SMILES string of the molecule is CN(c1ccccc1)S(=O)(=O)c1cccc(NC(=O)/C=C/c2ccccc2[N+](=O)[O-])c1. The van der Waals surface area contributed by atoms with Gasteiger partial charge in [-0.05, 0) is 42.5 Å². The van der Waals surface area contributed by atoms with Crippen LogP contribution in [0.3, 0.4) is 0 Å². The van der Waals surface area contributed by atoms with Gasteiger partial charge in [-0.25, -0.2) is 8.42 Å². The summed E-state index contributed by atoms with van der Waals surface area (Å²) >= 11 is 0. The maximum atomic E-state index is 12.9. The Morgan fingerprint density at radius 1 is 1.00 bits per heavy atom. The van der Waals surface area contributed by atoms with Gasteiger partial charge in [-0.3, -0.25) is 19.2 Å². The van der Waals surface area contributed by atoms with E-state index in [9.17, 15) is 23.3 Å². The Bertz CT molecular complexity index is 1240. The second-order valence-electron chi connectivity index (χ2n) is 6.47. The molecule has 0 saturated heterocycles. The number of amides is 1. The van der Waals surface area contributed by atoms with Gasteiger partial charge in [0.1, 0.15) is 0 Å². The van der Waals surface area contributed by atoms with Gasteiger partial charge in [-0.2, -0.15) is 0 Å². The van der Waals surface area contributed by atoms with Crippen molar-refractivity contribution in [3.8, 4) is 0 Å². The van der Waals surface area contributed by atoms with Crippen LogP contribution in [-0.2, 0) is 14.8 Å².